The molecule has 208 valence electrons. The molecule has 5 aliphatic rings. The summed E-state index contributed by atoms with van der Waals surface area (Å²) in [4.78, 5) is 13.3. The summed E-state index contributed by atoms with van der Waals surface area (Å²) in [5.74, 6) is 1.63. The van der Waals surface area contributed by atoms with Gasteiger partial charge in [-0.05, 0) is 85.3 Å². The summed E-state index contributed by atoms with van der Waals surface area (Å²) in [5, 5.41) is 12.3. The highest BCUT2D eigenvalue weighted by Gasteiger charge is 2.60. The number of aliphatic hydroxyl groups is 1. The van der Waals surface area contributed by atoms with E-state index < -0.39 is 19.7 Å². The molecule has 1 spiro atoms. The van der Waals surface area contributed by atoms with Crippen LogP contribution in [0, 0.1) is 17.3 Å². The Morgan fingerprint density at radius 2 is 1.71 bits per heavy atom. The van der Waals surface area contributed by atoms with Gasteiger partial charge in [-0.2, -0.15) is 0 Å². The number of carbonyl (C=O) groups excluding carboxylic acids is 1. The van der Waals surface area contributed by atoms with E-state index in [0.29, 0.717) is 43.7 Å². The van der Waals surface area contributed by atoms with E-state index in [0.717, 1.165) is 44.3 Å². The topological polar surface area (TPSA) is 65.0 Å². The lowest BCUT2D eigenvalue weighted by atomic mass is 9.51. The molecule has 4 fully saturated rings. The molecule has 1 N–H and O–H groups in total. The highest BCUT2D eigenvalue weighted by atomic mass is 28.4. The summed E-state index contributed by atoms with van der Waals surface area (Å²) in [6.07, 6.45) is 6.32. The number of allylic oxidation sites excluding steroid dienone is 1. The van der Waals surface area contributed by atoms with Gasteiger partial charge in [-0.25, -0.2) is 0 Å². The lowest BCUT2D eigenvalue weighted by Gasteiger charge is -2.55. The molecular weight excluding hydrogens is 492 g/mol. The van der Waals surface area contributed by atoms with E-state index >= 15 is 0 Å². The largest absolute Gasteiger partial charge is 0.544 e. The van der Waals surface area contributed by atoms with Crippen molar-refractivity contribution in [3.8, 4) is 5.75 Å². The van der Waals surface area contributed by atoms with Crippen LogP contribution in [0.3, 0.4) is 0 Å². The first-order chi connectivity index (χ1) is 17.8. The Morgan fingerprint density at radius 1 is 1.03 bits per heavy atom. The quantitative estimate of drug-likeness (QED) is 0.335. The van der Waals surface area contributed by atoms with Crippen LogP contribution in [0.25, 0.3) is 0 Å². The Bertz CT molecular complexity index is 1140. The minimum Gasteiger partial charge on any atom is -0.544 e. The Kier molecular flexibility index (Phi) is 6.16. The number of rotatable bonds is 3. The zero-order chi connectivity index (χ0) is 27.1. The zero-order valence-corrected chi connectivity index (χ0v) is 25.2. The first-order valence-corrected chi connectivity index (χ1v) is 17.7. The molecule has 4 aliphatic carbocycles. The van der Waals surface area contributed by atoms with E-state index in [1.807, 2.05) is 0 Å². The van der Waals surface area contributed by atoms with Crippen molar-refractivity contribution in [1.29, 1.82) is 0 Å². The zero-order valence-electron chi connectivity index (χ0n) is 24.2. The molecule has 3 saturated carbocycles. The van der Waals surface area contributed by atoms with Gasteiger partial charge in [-0.1, -0.05) is 45.4 Å². The molecule has 6 heteroatoms. The van der Waals surface area contributed by atoms with Gasteiger partial charge in [0.2, 0.25) is 8.32 Å². The molecule has 38 heavy (non-hydrogen) atoms. The summed E-state index contributed by atoms with van der Waals surface area (Å²) in [6.45, 7) is 14.8. The molecule has 5 atom stereocenters. The maximum absolute atomic E-state index is 13.3. The second-order valence-electron chi connectivity index (χ2n) is 14.6. The number of ether oxygens (including phenoxy) is 2. The number of hydrogen-bond acceptors (Lipinski definition) is 5. The summed E-state index contributed by atoms with van der Waals surface area (Å²) in [6, 6.07) is 8.71. The molecular formula is C32H46O5Si. The first-order valence-electron chi connectivity index (χ1n) is 14.8. The predicted molar refractivity (Wildman–Crippen MR) is 151 cm³/mol. The maximum Gasteiger partial charge on any atom is 0.250 e. The van der Waals surface area contributed by atoms with Crippen LogP contribution in [0.2, 0.25) is 18.1 Å². The molecule has 0 radical (unpaired) electrons. The van der Waals surface area contributed by atoms with Crippen LogP contribution in [0.5, 0.6) is 5.75 Å². The fraction of sp³-hybridized carbons (Fsp3) is 0.719. The predicted octanol–water partition coefficient (Wildman–Crippen LogP) is 6.91. The van der Waals surface area contributed by atoms with Gasteiger partial charge in [-0.3, -0.25) is 4.79 Å². The summed E-state index contributed by atoms with van der Waals surface area (Å²) in [7, 11) is -1.93. The standard InChI is InChI=1S/C32H46O5Si/c1-29(2,3)38(5,6)37-22-9-7-21(8-10-22)24-19-30(4)25(11-12-27(30)33)23-13-15-31(34)20-32(35-17-18-36-32)16-14-26(31)28(23)24/h7-10,23-25,34H,11-20H2,1-6H3/t23-,24+,25-,30-,31+/m0/s1. The van der Waals surface area contributed by atoms with Gasteiger partial charge in [0.25, 0.3) is 0 Å². The van der Waals surface area contributed by atoms with Crippen molar-refractivity contribution in [2.45, 2.75) is 114 Å². The highest BCUT2D eigenvalue weighted by Crippen LogP contribution is 2.64. The third-order valence-corrected chi connectivity index (χ3v) is 15.8. The van der Waals surface area contributed by atoms with Gasteiger partial charge < -0.3 is 19.0 Å². The van der Waals surface area contributed by atoms with Crippen LogP contribution in [0.1, 0.15) is 90.5 Å². The van der Waals surface area contributed by atoms with Gasteiger partial charge in [0.05, 0.1) is 18.8 Å². The normalized spacial score (nSPS) is 36.7. The Hall–Kier alpha value is -1.47. The number of benzene rings is 1. The molecule has 6 rings (SSSR count). The van der Waals surface area contributed by atoms with Crippen LogP contribution in [0.4, 0.5) is 0 Å². The SMILES string of the molecule is CC(C)(C)[Si](C)(C)Oc1ccc([C@H]2C[C@]3(C)C(=O)CC[C@H]3[C@@H]3CC[C@@]4(O)CC5(CCC4=C32)OCCO5)cc1. The maximum atomic E-state index is 13.3. The van der Waals surface area contributed by atoms with Crippen LogP contribution in [0.15, 0.2) is 35.4 Å². The number of Topliss-reactive ketones (excluding diaryl/α,β-unsaturated/α-hetero) is 1. The molecule has 1 aromatic carbocycles. The minimum absolute atomic E-state index is 0.138. The molecule has 0 bridgehead atoms. The smallest absolute Gasteiger partial charge is 0.250 e. The second kappa shape index (κ2) is 8.76. The van der Waals surface area contributed by atoms with Gasteiger partial charge in [0.15, 0.2) is 5.79 Å². The van der Waals surface area contributed by atoms with Crippen molar-refractivity contribution < 1.29 is 23.8 Å². The van der Waals surface area contributed by atoms with Crippen LogP contribution < -0.4 is 4.43 Å². The van der Waals surface area contributed by atoms with Crippen molar-refractivity contribution >= 4 is 14.1 Å². The first kappa shape index (κ1) is 26.7. The van der Waals surface area contributed by atoms with Crippen molar-refractivity contribution in [1.82, 2.24) is 0 Å². The van der Waals surface area contributed by atoms with Gasteiger partial charge in [0, 0.05) is 30.6 Å². The van der Waals surface area contributed by atoms with Crippen molar-refractivity contribution in [2.24, 2.45) is 17.3 Å². The van der Waals surface area contributed by atoms with E-state index in [9.17, 15) is 9.90 Å². The van der Waals surface area contributed by atoms with Crippen LogP contribution >= 0.6 is 0 Å². The third-order valence-electron chi connectivity index (χ3n) is 11.4. The summed E-state index contributed by atoms with van der Waals surface area (Å²) >= 11 is 0. The number of ketones is 1. The van der Waals surface area contributed by atoms with Gasteiger partial charge in [0.1, 0.15) is 11.5 Å². The number of fused-ring (bicyclic) bond motifs is 4. The van der Waals surface area contributed by atoms with Gasteiger partial charge >= 0.3 is 0 Å². The van der Waals surface area contributed by atoms with Crippen molar-refractivity contribution in [3.63, 3.8) is 0 Å². The molecule has 1 heterocycles. The van der Waals surface area contributed by atoms with Crippen LogP contribution in [-0.4, -0.2) is 43.8 Å². The molecule has 0 aromatic heterocycles. The summed E-state index contributed by atoms with van der Waals surface area (Å²) in [5.41, 5.74) is 2.75. The summed E-state index contributed by atoms with van der Waals surface area (Å²) < 4.78 is 18.7. The van der Waals surface area contributed by atoms with E-state index in [1.54, 1.807) is 0 Å². The lowest BCUT2D eigenvalue weighted by molar-refractivity contribution is -0.208. The molecule has 1 aromatic rings. The lowest BCUT2D eigenvalue weighted by Crippen LogP contribution is -2.53. The Labute approximate surface area is 229 Å². The average molecular weight is 539 g/mol. The Morgan fingerprint density at radius 3 is 2.37 bits per heavy atom. The molecule has 0 unspecified atom stereocenters. The molecule has 5 nitrogen and oxygen atoms in total. The van der Waals surface area contributed by atoms with E-state index in [-0.39, 0.29) is 16.4 Å². The molecule has 0 amide bonds. The highest BCUT2D eigenvalue weighted by molar-refractivity contribution is 6.74. The number of hydrogen-bond donors (Lipinski definition) is 1. The van der Waals surface area contributed by atoms with E-state index in [2.05, 4.69) is 65.1 Å². The fourth-order valence-electron chi connectivity index (χ4n) is 8.30. The van der Waals surface area contributed by atoms with Gasteiger partial charge in [-0.15, -0.1) is 0 Å². The van der Waals surface area contributed by atoms with Crippen LogP contribution in [-0.2, 0) is 14.3 Å². The van der Waals surface area contributed by atoms with E-state index in [4.69, 9.17) is 13.9 Å². The minimum atomic E-state index is -1.93. The molecule has 1 saturated heterocycles. The number of carbonyl (C=O) groups is 1. The fourth-order valence-corrected chi connectivity index (χ4v) is 9.33. The monoisotopic (exact) mass is 538 g/mol. The van der Waals surface area contributed by atoms with Crippen molar-refractivity contribution in [2.75, 3.05) is 13.2 Å². The van der Waals surface area contributed by atoms with Crippen molar-refractivity contribution in [3.05, 3.63) is 41.0 Å². The Balaban J connectivity index is 1.39. The average Bonchev–Trinajstić information content (AvgIpc) is 3.41. The second-order valence-corrected chi connectivity index (χ2v) is 19.3. The molecule has 1 aliphatic heterocycles. The third kappa shape index (κ3) is 4.08. The van der Waals surface area contributed by atoms with E-state index in [1.165, 1.54) is 16.7 Å².